The standard InChI is InChI=1S/C29H36N6O6/c1-17-14-35(18(2)16-36)26(37)13-22-12-23(31-28(38)21-8-10-30-11-9-21)6-7-24(22)40-25(17)15-34(5)29(39)32-27-19(3)33-41-20(27)4/h6-12,17-18,25,36H,13-16H2,1-5H3,(H,31,38)(H,32,39)/t17-,18+,25+/m1/s1. The molecule has 0 saturated heterocycles. The number of hydrogen-bond donors (Lipinski definition) is 3. The number of ether oxygens (including phenoxy) is 1. The molecule has 0 bridgehead atoms. The van der Waals surface area contributed by atoms with Crippen molar-refractivity contribution in [1.29, 1.82) is 0 Å². The van der Waals surface area contributed by atoms with Crippen molar-refractivity contribution in [2.45, 2.75) is 46.3 Å². The maximum absolute atomic E-state index is 13.4. The number of aliphatic hydroxyl groups is 1. The number of aliphatic hydroxyl groups excluding tert-OH is 1. The monoisotopic (exact) mass is 564 g/mol. The first kappa shape index (κ1) is 29.5. The summed E-state index contributed by atoms with van der Waals surface area (Å²) in [6, 6.07) is 7.60. The van der Waals surface area contributed by atoms with Gasteiger partial charge >= 0.3 is 6.03 Å². The molecule has 3 aromatic rings. The summed E-state index contributed by atoms with van der Waals surface area (Å²) in [4.78, 5) is 46.3. The number of rotatable bonds is 7. The summed E-state index contributed by atoms with van der Waals surface area (Å²) in [6.07, 6.45) is 2.59. The van der Waals surface area contributed by atoms with E-state index in [1.165, 1.54) is 17.3 Å². The van der Waals surface area contributed by atoms with E-state index in [1.807, 2.05) is 6.92 Å². The molecule has 0 fully saturated rings. The second-order valence-electron chi connectivity index (χ2n) is 10.4. The third-order valence-corrected chi connectivity index (χ3v) is 7.18. The molecule has 41 heavy (non-hydrogen) atoms. The average molecular weight is 565 g/mol. The molecule has 3 heterocycles. The normalized spacial score (nSPS) is 17.8. The van der Waals surface area contributed by atoms with E-state index in [0.29, 0.717) is 46.3 Å². The molecule has 3 atom stereocenters. The van der Waals surface area contributed by atoms with E-state index in [-0.39, 0.29) is 43.3 Å². The number of hydrogen-bond acceptors (Lipinski definition) is 8. The maximum atomic E-state index is 13.4. The Hall–Kier alpha value is -4.45. The molecule has 3 N–H and O–H groups in total. The highest BCUT2D eigenvalue weighted by molar-refractivity contribution is 6.04. The van der Waals surface area contributed by atoms with Crippen LogP contribution in [0.5, 0.6) is 5.75 Å². The average Bonchev–Trinajstić information content (AvgIpc) is 3.29. The highest BCUT2D eigenvalue weighted by Gasteiger charge is 2.32. The number of benzene rings is 1. The number of amides is 4. The third-order valence-electron chi connectivity index (χ3n) is 7.18. The summed E-state index contributed by atoms with van der Waals surface area (Å²) >= 11 is 0. The molecule has 2 aromatic heterocycles. The van der Waals surface area contributed by atoms with Gasteiger partial charge in [-0.25, -0.2) is 4.79 Å². The fraction of sp³-hybridized carbons (Fsp3) is 0.414. The number of nitrogens with zero attached hydrogens (tertiary/aromatic N) is 4. The fourth-order valence-electron chi connectivity index (χ4n) is 4.65. The van der Waals surface area contributed by atoms with E-state index in [1.54, 1.807) is 63.1 Å². The molecule has 12 heteroatoms. The summed E-state index contributed by atoms with van der Waals surface area (Å²) in [5.41, 5.74) is 2.63. The van der Waals surface area contributed by atoms with Gasteiger partial charge in [0.15, 0.2) is 5.76 Å². The van der Waals surface area contributed by atoms with E-state index in [4.69, 9.17) is 9.26 Å². The Bertz CT molecular complexity index is 1370. The molecule has 0 aliphatic carbocycles. The molecular formula is C29H36N6O6. The van der Waals surface area contributed by atoms with Crippen molar-refractivity contribution in [3.8, 4) is 5.75 Å². The zero-order chi connectivity index (χ0) is 29.7. The zero-order valence-electron chi connectivity index (χ0n) is 23.9. The Morgan fingerprint density at radius 1 is 1.20 bits per heavy atom. The molecule has 218 valence electrons. The van der Waals surface area contributed by atoms with Gasteiger partial charge in [0.25, 0.3) is 5.91 Å². The second-order valence-corrected chi connectivity index (χ2v) is 10.4. The minimum absolute atomic E-state index is 0.0143. The number of urea groups is 1. The molecule has 4 rings (SSSR count). The Labute approximate surface area is 238 Å². The second kappa shape index (κ2) is 12.8. The van der Waals surface area contributed by atoms with Crippen LogP contribution in [0.4, 0.5) is 16.2 Å². The molecule has 0 saturated carbocycles. The van der Waals surface area contributed by atoms with Crippen LogP contribution in [0, 0.1) is 19.8 Å². The summed E-state index contributed by atoms with van der Waals surface area (Å²) in [6.45, 7) is 7.54. The molecule has 1 aliphatic heterocycles. The van der Waals surface area contributed by atoms with Gasteiger partial charge in [0, 0.05) is 48.7 Å². The quantitative estimate of drug-likeness (QED) is 0.396. The van der Waals surface area contributed by atoms with Crippen molar-refractivity contribution in [2.75, 3.05) is 37.4 Å². The van der Waals surface area contributed by atoms with Gasteiger partial charge in [-0.05, 0) is 51.1 Å². The lowest BCUT2D eigenvalue weighted by molar-refractivity contribution is -0.134. The molecule has 1 aliphatic rings. The number of aryl methyl sites for hydroxylation is 2. The number of aromatic nitrogens is 2. The highest BCUT2D eigenvalue weighted by atomic mass is 16.5. The topological polar surface area (TPSA) is 150 Å². The van der Waals surface area contributed by atoms with Crippen molar-refractivity contribution in [1.82, 2.24) is 19.9 Å². The first-order valence-electron chi connectivity index (χ1n) is 13.4. The van der Waals surface area contributed by atoms with E-state index in [9.17, 15) is 19.5 Å². The van der Waals surface area contributed by atoms with E-state index in [2.05, 4.69) is 20.8 Å². The molecular weight excluding hydrogens is 528 g/mol. The molecule has 0 unspecified atom stereocenters. The van der Waals surface area contributed by atoms with E-state index < -0.39 is 12.1 Å². The Balaban J connectivity index is 1.60. The summed E-state index contributed by atoms with van der Waals surface area (Å²) in [5, 5.41) is 19.4. The largest absolute Gasteiger partial charge is 0.488 e. The minimum atomic E-state index is -0.495. The highest BCUT2D eigenvalue weighted by Crippen LogP contribution is 2.29. The van der Waals surface area contributed by atoms with Crippen molar-refractivity contribution in [3.63, 3.8) is 0 Å². The molecule has 0 radical (unpaired) electrons. The number of likely N-dealkylation sites (N-methyl/N-ethyl adjacent to an activating group) is 1. The van der Waals surface area contributed by atoms with Gasteiger partial charge in [-0.15, -0.1) is 0 Å². The lowest BCUT2D eigenvalue weighted by Gasteiger charge is -2.34. The maximum Gasteiger partial charge on any atom is 0.321 e. The fourth-order valence-corrected chi connectivity index (χ4v) is 4.65. The molecule has 0 spiro atoms. The minimum Gasteiger partial charge on any atom is -0.488 e. The number of fused-ring (bicyclic) bond motifs is 1. The predicted octanol–water partition coefficient (Wildman–Crippen LogP) is 3.25. The Morgan fingerprint density at radius 2 is 1.93 bits per heavy atom. The summed E-state index contributed by atoms with van der Waals surface area (Å²) in [5.74, 6) is 0.306. The lowest BCUT2D eigenvalue weighted by Crippen LogP contribution is -2.48. The number of pyridine rings is 1. The summed E-state index contributed by atoms with van der Waals surface area (Å²) in [7, 11) is 1.66. The number of carbonyl (C=O) groups excluding carboxylic acids is 3. The Kier molecular flexibility index (Phi) is 9.23. The van der Waals surface area contributed by atoms with Gasteiger partial charge in [0.1, 0.15) is 23.2 Å². The van der Waals surface area contributed by atoms with Crippen LogP contribution >= 0.6 is 0 Å². The number of carbonyl (C=O) groups is 3. The zero-order valence-corrected chi connectivity index (χ0v) is 23.9. The van der Waals surface area contributed by atoms with Crippen molar-refractivity contribution >= 4 is 29.2 Å². The first-order chi connectivity index (χ1) is 19.6. The van der Waals surface area contributed by atoms with Crippen LogP contribution in [-0.2, 0) is 11.2 Å². The van der Waals surface area contributed by atoms with Crippen LogP contribution in [0.15, 0.2) is 47.2 Å². The third kappa shape index (κ3) is 7.01. The van der Waals surface area contributed by atoms with Gasteiger partial charge < -0.3 is 34.8 Å². The Morgan fingerprint density at radius 3 is 2.59 bits per heavy atom. The number of anilines is 2. The molecule has 12 nitrogen and oxygen atoms in total. The van der Waals surface area contributed by atoms with Gasteiger partial charge in [-0.1, -0.05) is 12.1 Å². The van der Waals surface area contributed by atoms with Gasteiger partial charge in [-0.2, -0.15) is 0 Å². The van der Waals surface area contributed by atoms with Crippen LogP contribution in [0.2, 0.25) is 0 Å². The SMILES string of the molecule is Cc1noc(C)c1NC(=O)N(C)C[C@@H]1Oc2ccc(NC(=O)c3ccncc3)cc2CC(=O)N([C@@H](C)CO)C[C@H]1C. The predicted molar refractivity (Wildman–Crippen MR) is 152 cm³/mol. The van der Waals surface area contributed by atoms with E-state index in [0.717, 1.165) is 0 Å². The number of nitrogens with one attached hydrogen (secondary N) is 2. The first-order valence-corrected chi connectivity index (χ1v) is 13.4. The summed E-state index contributed by atoms with van der Waals surface area (Å²) < 4.78 is 11.6. The van der Waals surface area contributed by atoms with Crippen molar-refractivity contribution < 1.29 is 28.8 Å². The lowest BCUT2D eigenvalue weighted by atomic mass is 10.0. The van der Waals surface area contributed by atoms with Crippen molar-refractivity contribution in [3.05, 3.63) is 65.3 Å². The van der Waals surface area contributed by atoms with E-state index >= 15 is 0 Å². The van der Waals surface area contributed by atoms with Crippen LogP contribution in [0.3, 0.4) is 0 Å². The van der Waals surface area contributed by atoms with Gasteiger partial charge in [0.2, 0.25) is 5.91 Å². The smallest absolute Gasteiger partial charge is 0.321 e. The van der Waals surface area contributed by atoms with Crippen LogP contribution in [0.25, 0.3) is 0 Å². The molecule has 1 aromatic carbocycles. The van der Waals surface area contributed by atoms with Crippen LogP contribution in [-0.4, -0.2) is 81.8 Å². The van der Waals surface area contributed by atoms with Gasteiger partial charge in [0.05, 0.1) is 25.6 Å². The van der Waals surface area contributed by atoms with Crippen LogP contribution in [0.1, 0.15) is 41.2 Å². The van der Waals surface area contributed by atoms with Gasteiger partial charge in [-0.3, -0.25) is 14.6 Å². The van der Waals surface area contributed by atoms with Crippen molar-refractivity contribution in [2.24, 2.45) is 5.92 Å². The molecule has 4 amide bonds. The van der Waals surface area contributed by atoms with Crippen LogP contribution < -0.4 is 15.4 Å².